The van der Waals surface area contributed by atoms with Crippen LogP contribution in [0.1, 0.15) is 45.4 Å². The van der Waals surface area contributed by atoms with Gasteiger partial charge in [0, 0.05) is 13.0 Å². The predicted octanol–water partition coefficient (Wildman–Crippen LogP) is 1.78. The molecule has 1 aromatic rings. The molecule has 2 atom stereocenters. The number of aliphatic hydroxyl groups is 1. The molecule has 1 heterocycles. The van der Waals surface area contributed by atoms with Crippen LogP contribution in [0.25, 0.3) is 0 Å². The molecule has 1 saturated carbocycles. The lowest BCUT2D eigenvalue weighted by Crippen LogP contribution is -2.37. The number of hydrogen-bond acceptors (Lipinski definition) is 3. The number of hydrogen-bond donors (Lipinski definition) is 1. The smallest absolute Gasteiger partial charge is 0.138 e. The maximum absolute atomic E-state index is 10.6. The first-order valence-corrected chi connectivity index (χ1v) is 6.22. The Labute approximate surface area is 96.7 Å². The third kappa shape index (κ3) is 2.43. The van der Waals surface area contributed by atoms with E-state index < -0.39 is 5.60 Å². The first-order valence-electron chi connectivity index (χ1n) is 6.22. The summed E-state index contributed by atoms with van der Waals surface area (Å²) in [6, 6.07) is 0. The molecule has 1 aliphatic rings. The third-order valence-corrected chi connectivity index (χ3v) is 3.55. The summed E-state index contributed by atoms with van der Waals surface area (Å²) in [4.78, 5) is 4.24. The minimum absolute atomic E-state index is 0.558. The van der Waals surface area contributed by atoms with Gasteiger partial charge in [-0.05, 0) is 25.7 Å². The zero-order valence-electron chi connectivity index (χ0n) is 10.2. The van der Waals surface area contributed by atoms with Gasteiger partial charge in [-0.15, -0.1) is 0 Å². The van der Waals surface area contributed by atoms with Gasteiger partial charge in [-0.3, -0.25) is 4.68 Å². The van der Waals surface area contributed by atoms with Crippen molar-refractivity contribution >= 4 is 0 Å². The number of aromatic nitrogens is 3. The fourth-order valence-corrected chi connectivity index (χ4v) is 2.78. The van der Waals surface area contributed by atoms with Crippen LogP contribution >= 0.6 is 0 Å². The predicted molar refractivity (Wildman–Crippen MR) is 62.0 cm³/mol. The Kier molecular flexibility index (Phi) is 3.28. The van der Waals surface area contributed by atoms with E-state index in [0.717, 1.165) is 31.6 Å². The van der Waals surface area contributed by atoms with E-state index >= 15 is 0 Å². The van der Waals surface area contributed by atoms with Crippen molar-refractivity contribution in [2.75, 3.05) is 0 Å². The number of nitrogens with zero attached hydrogens (tertiary/aromatic N) is 3. The first-order chi connectivity index (χ1) is 7.63. The molecule has 1 N–H and O–H groups in total. The summed E-state index contributed by atoms with van der Waals surface area (Å²) in [6.07, 6.45) is 6.37. The molecule has 1 aliphatic carbocycles. The van der Waals surface area contributed by atoms with E-state index in [1.807, 2.05) is 11.6 Å². The molecule has 0 aliphatic heterocycles. The molecule has 0 aromatic carbocycles. The van der Waals surface area contributed by atoms with Crippen LogP contribution in [-0.2, 0) is 13.0 Å². The SMILES string of the molecule is CCn1ncnc1CC1(O)CCCC(C)C1. The topological polar surface area (TPSA) is 50.9 Å². The zero-order chi connectivity index (χ0) is 11.6. The van der Waals surface area contributed by atoms with Crippen LogP contribution in [0, 0.1) is 5.92 Å². The molecule has 16 heavy (non-hydrogen) atoms. The minimum Gasteiger partial charge on any atom is -0.389 e. The lowest BCUT2D eigenvalue weighted by Gasteiger charge is -2.35. The van der Waals surface area contributed by atoms with Crippen LogP contribution in [0.4, 0.5) is 0 Å². The first kappa shape index (κ1) is 11.6. The van der Waals surface area contributed by atoms with Crippen LogP contribution in [0.5, 0.6) is 0 Å². The van der Waals surface area contributed by atoms with Crippen LogP contribution in [0.15, 0.2) is 6.33 Å². The second kappa shape index (κ2) is 4.53. The van der Waals surface area contributed by atoms with Gasteiger partial charge in [0.05, 0.1) is 5.60 Å². The summed E-state index contributed by atoms with van der Waals surface area (Å²) in [7, 11) is 0. The van der Waals surface area contributed by atoms with E-state index in [1.54, 1.807) is 6.33 Å². The molecule has 0 saturated heterocycles. The summed E-state index contributed by atoms with van der Waals surface area (Å²) in [5.74, 6) is 1.54. The zero-order valence-corrected chi connectivity index (χ0v) is 10.2. The normalized spacial score (nSPS) is 30.6. The number of aryl methyl sites for hydroxylation is 1. The molecule has 0 spiro atoms. The maximum atomic E-state index is 10.6. The van der Waals surface area contributed by atoms with E-state index in [-0.39, 0.29) is 0 Å². The van der Waals surface area contributed by atoms with E-state index in [1.165, 1.54) is 6.42 Å². The van der Waals surface area contributed by atoms with Crippen molar-refractivity contribution in [3.63, 3.8) is 0 Å². The molecule has 0 radical (unpaired) electrons. The van der Waals surface area contributed by atoms with Gasteiger partial charge in [0.15, 0.2) is 0 Å². The second-order valence-electron chi connectivity index (χ2n) is 5.09. The van der Waals surface area contributed by atoms with Gasteiger partial charge >= 0.3 is 0 Å². The molecule has 0 bridgehead atoms. The van der Waals surface area contributed by atoms with Crippen LogP contribution in [-0.4, -0.2) is 25.5 Å². The van der Waals surface area contributed by atoms with Crippen LogP contribution < -0.4 is 0 Å². The van der Waals surface area contributed by atoms with Crippen molar-refractivity contribution in [3.05, 3.63) is 12.2 Å². The van der Waals surface area contributed by atoms with Gasteiger partial charge in [-0.1, -0.05) is 19.8 Å². The van der Waals surface area contributed by atoms with Gasteiger partial charge in [0.25, 0.3) is 0 Å². The monoisotopic (exact) mass is 223 g/mol. The summed E-state index contributed by atoms with van der Waals surface area (Å²) >= 11 is 0. The van der Waals surface area contributed by atoms with Crippen LogP contribution in [0.3, 0.4) is 0 Å². The van der Waals surface area contributed by atoms with Gasteiger partial charge in [-0.2, -0.15) is 5.10 Å². The molecular weight excluding hydrogens is 202 g/mol. The standard InChI is InChI=1S/C12H21N3O/c1-3-15-11(13-9-14-15)8-12(16)6-4-5-10(2)7-12/h9-10,16H,3-8H2,1-2H3. The van der Waals surface area contributed by atoms with Gasteiger partial charge in [0.2, 0.25) is 0 Å². The molecule has 4 nitrogen and oxygen atoms in total. The Hall–Kier alpha value is -0.900. The lowest BCUT2D eigenvalue weighted by atomic mass is 9.77. The van der Waals surface area contributed by atoms with E-state index in [9.17, 15) is 5.11 Å². The quantitative estimate of drug-likeness (QED) is 0.849. The van der Waals surface area contributed by atoms with Crippen molar-refractivity contribution in [1.82, 2.24) is 14.8 Å². The fraction of sp³-hybridized carbons (Fsp3) is 0.833. The van der Waals surface area contributed by atoms with Crippen molar-refractivity contribution in [2.45, 2.75) is 58.1 Å². The van der Waals surface area contributed by atoms with Crippen molar-refractivity contribution in [3.8, 4) is 0 Å². The maximum Gasteiger partial charge on any atom is 0.138 e. The molecule has 90 valence electrons. The van der Waals surface area contributed by atoms with E-state index in [2.05, 4.69) is 17.0 Å². The number of rotatable bonds is 3. The van der Waals surface area contributed by atoms with Crippen molar-refractivity contribution in [2.24, 2.45) is 5.92 Å². The fourth-order valence-electron chi connectivity index (χ4n) is 2.78. The molecular formula is C12H21N3O. The van der Waals surface area contributed by atoms with Gasteiger partial charge in [0.1, 0.15) is 12.2 Å². The van der Waals surface area contributed by atoms with Crippen molar-refractivity contribution < 1.29 is 5.11 Å². The highest BCUT2D eigenvalue weighted by Crippen LogP contribution is 2.34. The third-order valence-electron chi connectivity index (χ3n) is 3.55. The van der Waals surface area contributed by atoms with E-state index in [4.69, 9.17) is 0 Å². The highest BCUT2D eigenvalue weighted by Gasteiger charge is 2.34. The molecule has 2 unspecified atom stereocenters. The average Bonchev–Trinajstić information content (AvgIpc) is 2.63. The molecule has 1 fully saturated rings. The Balaban J connectivity index is 2.08. The largest absolute Gasteiger partial charge is 0.389 e. The summed E-state index contributed by atoms with van der Waals surface area (Å²) in [5.41, 5.74) is -0.558. The summed E-state index contributed by atoms with van der Waals surface area (Å²) in [5, 5.41) is 14.7. The van der Waals surface area contributed by atoms with Gasteiger partial charge < -0.3 is 5.11 Å². The molecule has 1 aromatic heterocycles. The minimum atomic E-state index is -0.558. The van der Waals surface area contributed by atoms with Crippen LogP contribution in [0.2, 0.25) is 0 Å². The molecule has 0 amide bonds. The average molecular weight is 223 g/mol. The van der Waals surface area contributed by atoms with E-state index in [0.29, 0.717) is 12.3 Å². The Bertz CT molecular complexity index is 350. The second-order valence-corrected chi connectivity index (χ2v) is 5.09. The summed E-state index contributed by atoms with van der Waals surface area (Å²) < 4.78 is 1.87. The Morgan fingerprint density at radius 3 is 3.12 bits per heavy atom. The summed E-state index contributed by atoms with van der Waals surface area (Å²) in [6.45, 7) is 5.08. The Morgan fingerprint density at radius 1 is 1.62 bits per heavy atom. The highest BCUT2D eigenvalue weighted by atomic mass is 16.3. The highest BCUT2D eigenvalue weighted by molar-refractivity contribution is 4.97. The molecule has 2 rings (SSSR count). The lowest BCUT2D eigenvalue weighted by molar-refractivity contribution is -0.0147. The molecule has 4 heteroatoms. The Morgan fingerprint density at radius 2 is 2.44 bits per heavy atom. The van der Waals surface area contributed by atoms with Gasteiger partial charge in [-0.25, -0.2) is 4.98 Å². The van der Waals surface area contributed by atoms with Crippen molar-refractivity contribution in [1.29, 1.82) is 0 Å².